The Bertz CT molecular complexity index is 1160. The van der Waals surface area contributed by atoms with Gasteiger partial charge in [0.15, 0.2) is 0 Å². The molecule has 3 aromatic rings. The third kappa shape index (κ3) is 4.99. The molecule has 0 aliphatic heterocycles. The molecule has 0 saturated carbocycles. The normalized spacial score (nSPS) is 12.1. The highest BCUT2D eigenvalue weighted by Crippen LogP contribution is 2.24. The van der Waals surface area contributed by atoms with Crippen molar-refractivity contribution in [3.05, 3.63) is 63.7 Å². The summed E-state index contributed by atoms with van der Waals surface area (Å²) < 4.78 is 6.73. The average Bonchev–Trinajstić information content (AvgIpc) is 2.73. The number of ether oxygens (including phenoxy) is 1. The van der Waals surface area contributed by atoms with E-state index < -0.39 is 6.04 Å². The number of rotatable bonds is 6. The molecular formula is C23H27ClN4O3. The van der Waals surface area contributed by atoms with Crippen molar-refractivity contribution in [2.75, 3.05) is 19.0 Å². The molecule has 2 amide bonds. The van der Waals surface area contributed by atoms with Crippen molar-refractivity contribution in [3.63, 3.8) is 0 Å². The fourth-order valence-electron chi connectivity index (χ4n) is 3.48. The molecule has 31 heavy (non-hydrogen) atoms. The molecule has 1 heterocycles. The van der Waals surface area contributed by atoms with Gasteiger partial charge in [-0.2, -0.15) is 0 Å². The number of amides is 2. The van der Waals surface area contributed by atoms with Gasteiger partial charge in [0.25, 0.3) is 5.56 Å². The number of anilines is 1. The summed E-state index contributed by atoms with van der Waals surface area (Å²) in [6.07, 6.45) is 0. The number of hydrogen-bond donors (Lipinski definition) is 1. The van der Waals surface area contributed by atoms with E-state index in [-0.39, 0.29) is 17.5 Å². The Kier molecular flexibility index (Phi) is 6.85. The molecule has 8 heteroatoms. The maximum absolute atomic E-state index is 13.2. The molecule has 7 nitrogen and oxygen atoms in total. The van der Waals surface area contributed by atoms with Gasteiger partial charge in [0.2, 0.25) is 0 Å². The van der Waals surface area contributed by atoms with Crippen LogP contribution in [0.1, 0.15) is 32.6 Å². The minimum Gasteiger partial charge on any atom is -0.497 e. The summed E-state index contributed by atoms with van der Waals surface area (Å²) in [5, 5.41) is 3.91. The number of nitrogens with one attached hydrogen (secondary N) is 1. The standard InChI is InChI=1S/C23H27ClN4O3/c1-14(2)13-28(23(30)25-17-7-6-8-18(12-17)31-5)15(3)21-26-20-11-16(24)9-10-19(20)22(29)27(21)4/h6-12,14-15H,13H2,1-5H3,(H,25,30). The van der Waals surface area contributed by atoms with Crippen LogP contribution in [0.5, 0.6) is 5.75 Å². The van der Waals surface area contributed by atoms with Crippen molar-refractivity contribution in [2.45, 2.75) is 26.8 Å². The zero-order valence-corrected chi connectivity index (χ0v) is 19.1. The van der Waals surface area contributed by atoms with Gasteiger partial charge < -0.3 is 15.0 Å². The number of carbonyl (C=O) groups excluding carboxylic acids is 1. The molecule has 0 fully saturated rings. The third-order valence-corrected chi connectivity index (χ3v) is 5.29. The molecule has 0 aliphatic rings. The topological polar surface area (TPSA) is 76.5 Å². The molecule has 2 aromatic carbocycles. The second kappa shape index (κ2) is 9.39. The van der Waals surface area contributed by atoms with Crippen molar-refractivity contribution < 1.29 is 9.53 Å². The van der Waals surface area contributed by atoms with E-state index in [4.69, 9.17) is 16.3 Å². The van der Waals surface area contributed by atoms with Crippen LogP contribution in [-0.2, 0) is 7.05 Å². The molecular weight excluding hydrogens is 416 g/mol. The van der Waals surface area contributed by atoms with Gasteiger partial charge in [-0.25, -0.2) is 9.78 Å². The number of nitrogens with zero attached hydrogens (tertiary/aromatic N) is 3. The zero-order valence-electron chi connectivity index (χ0n) is 18.3. The second-order valence-corrected chi connectivity index (χ2v) is 8.32. The molecule has 0 aliphatic carbocycles. The maximum Gasteiger partial charge on any atom is 0.322 e. The van der Waals surface area contributed by atoms with E-state index in [0.717, 1.165) is 0 Å². The number of aromatic nitrogens is 2. The lowest BCUT2D eigenvalue weighted by molar-refractivity contribution is 0.179. The summed E-state index contributed by atoms with van der Waals surface area (Å²) >= 11 is 6.11. The van der Waals surface area contributed by atoms with Gasteiger partial charge in [0.05, 0.1) is 24.1 Å². The van der Waals surface area contributed by atoms with Crippen molar-refractivity contribution >= 4 is 34.2 Å². The maximum atomic E-state index is 13.2. The zero-order chi connectivity index (χ0) is 22.7. The third-order valence-electron chi connectivity index (χ3n) is 5.06. The fourth-order valence-corrected chi connectivity index (χ4v) is 3.65. The first-order chi connectivity index (χ1) is 14.7. The quantitative estimate of drug-likeness (QED) is 0.592. The van der Waals surface area contributed by atoms with E-state index >= 15 is 0 Å². The Morgan fingerprint density at radius 3 is 2.65 bits per heavy atom. The van der Waals surface area contributed by atoms with Gasteiger partial charge in [-0.15, -0.1) is 0 Å². The van der Waals surface area contributed by atoms with Crippen LogP contribution in [0.15, 0.2) is 47.3 Å². The summed E-state index contributed by atoms with van der Waals surface area (Å²) in [5.41, 5.74) is 0.953. The number of methoxy groups -OCH3 is 1. The van der Waals surface area contributed by atoms with Crippen molar-refractivity contribution in [2.24, 2.45) is 13.0 Å². The van der Waals surface area contributed by atoms with Crippen LogP contribution >= 0.6 is 11.6 Å². The lowest BCUT2D eigenvalue weighted by Gasteiger charge is -2.31. The van der Waals surface area contributed by atoms with Gasteiger partial charge in [0, 0.05) is 30.4 Å². The van der Waals surface area contributed by atoms with E-state index in [1.54, 1.807) is 49.4 Å². The minimum atomic E-state index is -0.450. The number of carbonyl (C=O) groups is 1. The molecule has 3 rings (SSSR count). The highest BCUT2D eigenvalue weighted by molar-refractivity contribution is 6.31. The predicted molar refractivity (Wildman–Crippen MR) is 124 cm³/mol. The molecule has 1 N–H and O–H groups in total. The lowest BCUT2D eigenvalue weighted by Crippen LogP contribution is -2.41. The molecule has 1 atom stereocenters. The lowest BCUT2D eigenvalue weighted by atomic mass is 10.1. The van der Waals surface area contributed by atoms with Crippen LogP contribution in [0.4, 0.5) is 10.5 Å². The average molecular weight is 443 g/mol. The molecule has 1 unspecified atom stereocenters. The fraction of sp³-hybridized carbons (Fsp3) is 0.348. The molecule has 0 spiro atoms. The van der Waals surface area contributed by atoms with Crippen LogP contribution in [0.2, 0.25) is 5.02 Å². The van der Waals surface area contributed by atoms with Crippen molar-refractivity contribution in [1.82, 2.24) is 14.5 Å². The Morgan fingerprint density at radius 2 is 1.97 bits per heavy atom. The number of fused-ring (bicyclic) bond motifs is 1. The molecule has 1 aromatic heterocycles. The summed E-state index contributed by atoms with van der Waals surface area (Å²) in [7, 11) is 3.25. The van der Waals surface area contributed by atoms with E-state index in [1.807, 2.05) is 32.9 Å². The Balaban J connectivity index is 1.99. The number of benzene rings is 2. The second-order valence-electron chi connectivity index (χ2n) is 7.88. The van der Waals surface area contributed by atoms with Gasteiger partial charge in [0.1, 0.15) is 11.6 Å². The van der Waals surface area contributed by atoms with Crippen molar-refractivity contribution in [3.8, 4) is 5.75 Å². The minimum absolute atomic E-state index is 0.179. The highest BCUT2D eigenvalue weighted by atomic mass is 35.5. The van der Waals surface area contributed by atoms with E-state index in [9.17, 15) is 9.59 Å². The van der Waals surface area contributed by atoms with Crippen LogP contribution in [-0.4, -0.2) is 34.1 Å². The number of hydrogen-bond acceptors (Lipinski definition) is 4. The Hall–Kier alpha value is -3.06. The summed E-state index contributed by atoms with van der Waals surface area (Å²) in [6, 6.07) is 11.4. The molecule has 0 radical (unpaired) electrons. The number of halogens is 1. The molecule has 0 bridgehead atoms. The first kappa shape index (κ1) is 22.6. The van der Waals surface area contributed by atoms with Crippen LogP contribution < -0.4 is 15.6 Å². The monoisotopic (exact) mass is 442 g/mol. The predicted octanol–water partition coefficient (Wildman–Crippen LogP) is 4.85. The van der Waals surface area contributed by atoms with Crippen LogP contribution in [0.25, 0.3) is 10.9 Å². The largest absolute Gasteiger partial charge is 0.497 e. The Morgan fingerprint density at radius 1 is 1.23 bits per heavy atom. The van der Waals surface area contributed by atoms with Crippen molar-refractivity contribution in [1.29, 1.82) is 0 Å². The van der Waals surface area contributed by atoms with Gasteiger partial charge in [-0.1, -0.05) is 31.5 Å². The van der Waals surface area contributed by atoms with Gasteiger partial charge in [-0.3, -0.25) is 9.36 Å². The molecule has 164 valence electrons. The first-order valence-corrected chi connectivity index (χ1v) is 10.5. The van der Waals surface area contributed by atoms with E-state index in [0.29, 0.717) is 39.7 Å². The first-order valence-electron chi connectivity index (χ1n) is 10.1. The number of urea groups is 1. The summed E-state index contributed by atoms with van der Waals surface area (Å²) in [5.74, 6) is 1.35. The Labute approximate surface area is 186 Å². The van der Waals surface area contributed by atoms with E-state index in [1.165, 1.54) is 4.57 Å². The SMILES string of the molecule is COc1cccc(NC(=O)N(CC(C)C)C(C)c2nc3cc(Cl)ccc3c(=O)n2C)c1. The smallest absolute Gasteiger partial charge is 0.322 e. The molecule has 0 saturated heterocycles. The van der Waals surface area contributed by atoms with Gasteiger partial charge in [-0.05, 0) is 43.2 Å². The van der Waals surface area contributed by atoms with Crippen LogP contribution in [0, 0.1) is 5.92 Å². The summed E-state index contributed by atoms with van der Waals surface area (Å²) in [6.45, 7) is 6.42. The van der Waals surface area contributed by atoms with E-state index in [2.05, 4.69) is 10.3 Å². The van der Waals surface area contributed by atoms with Gasteiger partial charge >= 0.3 is 6.03 Å². The summed E-state index contributed by atoms with van der Waals surface area (Å²) in [4.78, 5) is 32.5. The van der Waals surface area contributed by atoms with Crippen LogP contribution in [0.3, 0.4) is 0 Å². The highest BCUT2D eigenvalue weighted by Gasteiger charge is 2.26.